The Morgan fingerprint density at radius 1 is 1.34 bits per heavy atom. The number of rotatable bonds is 5. The second kappa shape index (κ2) is 7.45. The Labute approximate surface area is 181 Å². The van der Waals surface area contributed by atoms with E-state index in [-0.39, 0.29) is 17.4 Å². The number of nitrogens with zero attached hydrogens (tertiary/aromatic N) is 4. The molecule has 3 atom stereocenters. The molecule has 0 spiro atoms. The molecule has 0 bridgehead atoms. The lowest BCUT2D eigenvalue weighted by Gasteiger charge is -2.30. The van der Waals surface area contributed by atoms with Crippen molar-refractivity contribution in [1.29, 1.82) is 0 Å². The number of carbonyl (C=O) groups excluding carboxylic acids is 2. The lowest BCUT2D eigenvalue weighted by atomic mass is 9.86. The molecule has 32 heavy (non-hydrogen) atoms. The van der Waals surface area contributed by atoms with Gasteiger partial charge < -0.3 is 15.8 Å². The van der Waals surface area contributed by atoms with Crippen LogP contribution in [0.5, 0.6) is 0 Å². The number of hydrogen-bond acceptors (Lipinski definition) is 5. The van der Waals surface area contributed by atoms with Crippen LogP contribution in [0.3, 0.4) is 0 Å². The molecular formula is C20H23F3N6O3. The first-order valence-electron chi connectivity index (χ1n) is 10.2. The first-order chi connectivity index (χ1) is 14.8. The Balaban J connectivity index is 1.62. The fourth-order valence-electron chi connectivity index (χ4n) is 4.11. The van der Waals surface area contributed by atoms with Gasteiger partial charge in [-0.1, -0.05) is 20.8 Å². The van der Waals surface area contributed by atoms with Crippen LogP contribution in [0.25, 0.3) is 5.82 Å². The van der Waals surface area contributed by atoms with Crippen molar-refractivity contribution in [2.24, 2.45) is 11.3 Å². The van der Waals surface area contributed by atoms with Gasteiger partial charge in [0.15, 0.2) is 11.9 Å². The predicted molar refractivity (Wildman–Crippen MR) is 105 cm³/mol. The van der Waals surface area contributed by atoms with Gasteiger partial charge in [-0.25, -0.2) is 9.67 Å². The summed E-state index contributed by atoms with van der Waals surface area (Å²) >= 11 is 0. The molecule has 2 aromatic rings. The van der Waals surface area contributed by atoms with Gasteiger partial charge in [-0.15, -0.1) is 0 Å². The van der Waals surface area contributed by atoms with E-state index in [1.54, 1.807) is 20.8 Å². The van der Waals surface area contributed by atoms with E-state index >= 15 is 0 Å². The molecule has 1 fully saturated rings. The van der Waals surface area contributed by atoms with Crippen LogP contribution in [-0.2, 0) is 11.2 Å². The van der Waals surface area contributed by atoms with E-state index in [9.17, 15) is 28.0 Å². The normalized spacial score (nSPS) is 20.3. The lowest BCUT2D eigenvalue weighted by Crippen LogP contribution is -2.54. The maximum atomic E-state index is 13.1. The van der Waals surface area contributed by atoms with Gasteiger partial charge in [-0.3, -0.25) is 9.59 Å². The van der Waals surface area contributed by atoms with Gasteiger partial charge in [-0.05, 0) is 24.2 Å². The molecule has 12 heteroatoms. The smallest absolute Gasteiger partial charge is 0.405 e. The van der Waals surface area contributed by atoms with E-state index in [1.165, 1.54) is 23.3 Å². The average Bonchev–Trinajstić information content (AvgIpc) is 3.18. The van der Waals surface area contributed by atoms with Crippen LogP contribution in [0.15, 0.2) is 18.6 Å². The van der Waals surface area contributed by atoms with Gasteiger partial charge in [0.25, 0.3) is 5.91 Å². The SMILES string of the molecule is CC(C)(C)[C@H](NC(=O)c1nn(-c2c[n+]([O-])ccn2)c2c1C[C@H]1C[C@@H]21)C(=O)NCC(F)(F)F. The van der Waals surface area contributed by atoms with Crippen molar-refractivity contribution in [3.63, 3.8) is 0 Å². The van der Waals surface area contributed by atoms with E-state index in [4.69, 9.17) is 0 Å². The van der Waals surface area contributed by atoms with Crippen molar-refractivity contribution in [2.75, 3.05) is 6.54 Å². The molecule has 2 aliphatic rings. The summed E-state index contributed by atoms with van der Waals surface area (Å²) in [6, 6.07) is -1.22. The average molecular weight is 452 g/mol. The van der Waals surface area contributed by atoms with Gasteiger partial charge in [0.05, 0.1) is 11.9 Å². The van der Waals surface area contributed by atoms with Gasteiger partial charge in [-0.2, -0.15) is 23.0 Å². The highest BCUT2D eigenvalue weighted by atomic mass is 19.4. The zero-order valence-corrected chi connectivity index (χ0v) is 17.7. The minimum atomic E-state index is -4.57. The highest BCUT2D eigenvalue weighted by molar-refractivity contribution is 5.98. The number of aromatic nitrogens is 4. The monoisotopic (exact) mass is 452 g/mol. The standard InChI is InChI=1S/C20H23F3N6O3/c1-19(2,3)16(18(31)25-9-20(21,22)23)26-17(30)14-12-7-10-6-11(10)15(12)29(27-14)13-8-28(32)5-4-24-13/h4-5,8,10-11,16H,6-7,9H2,1-3H3,(H,25,31)(H,26,30)/t10-,11-,16-/m1/s1. The molecule has 9 nitrogen and oxygen atoms in total. The summed E-state index contributed by atoms with van der Waals surface area (Å²) in [6.45, 7) is 3.44. The third kappa shape index (κ3) is 4.26. The topological polar surface area (TPSA) is 116 Å². The lowest BCUT2D eigenvalue weighted by molar-refractivity contribution is -0.605. The molecule has 2 aromatic heterocycles. The molecule has 2 heterocycles. The van der Waals surface area contributed by atoms with Crippen LogP contribution in [0.1, 0.15) is 54.9 Å². The molecule has 0 radical (unpaired) electrons. The van der Waals surface area contributed by atoms with Crippen molar-refractivity contribution in [1.82, 2.24) is 25.4 Å². The van der Waals surface area contributed by atoms with Crippen molar-refractivity contribution >= 4 is 11.8 Å². The quantitative estimate of drug-likeness (QED) is 0.525. The highest BCUT2D eigenvalue weighted by Crippen LogP contribution is 2.57. The van der Waals surface area contributed by atoms with Crippen LogP contribution >= 0.6 is 0 Å². The largest absolute Gasteiger partial charge is 0.619 e. The summed E-state index contributed by atoms with van der Waals surface area (Å²) in [6.07, 6.45) is 0.823. The van der Waals surface area contributed by atoms with Crippen molar-refractivity contribution in [2.45, 2.75) is 51.7 Å². The molecule has 2 amide bonds. The maximum absolute atomic E-state index is 13.1. The number of halogens is 3. The summed E-state index contributed by atoms with van der Waals surface area (Å²) < 4.78 is 39.7. The maximum Gasteiger partial charge on any atom is 0.405 e. The Bertz CT molecular complexity index is 1080. The minimum Gasteiger partial charge on any atom is -0.619 e. The van der Waals surface area contributed by atoms with Gasteiger partial charge in [0, 0.05) is 11.5 Å². The van der Waals surface area contributed by atoms with Crippen LogP contribution in [0, 0.1) is 16.5 Å². The predicted octanol–water partition coefficient (Wildman–Crippen LogP) is 1.38. The fourth-order valence-corrected chi connectivity index (χ4v) is 4.11. The van der Waals surface area contributed by atoms with Crippen molar-refractivity contribution in [3.8, 4) is 5.82 Å². The third-order valence-corrected chi connectivity index (χ3v) is 5.73. The Morgan fingerprint density at radius 2 is 2.06 bits per heavy atom. The Hall–Kier alpha value is -3.18. The van der Waals surface area contributed by atoms with E-state index in [0.29, 0.717) is 17.1 Å². The summed E-state index contributed by atoms with van der Waals surface area (Å²) in [4.78, 5) is 29.8. The van der Waals surface area contributed by atoms with Crippen molar-refractivity contribution < 1.29 is 27.5 Å². The molecule has 2 aliphatic carbocycles. The molecule has 2 N–H and O–H groups in total. The highest BCUT2D eigenvalue weighted by Gasteiger charge is 2.50. The van der Waals surface area contributed by atoms with E-state index in [1.807, 2.05) is 5.32 Å². The van der Waals surface area contributed by atoms with Crippen LogP contribution in [-0.4, -0.2) is 45.3 Å². The third-order valence-electron chi connectivity index (χ3n) is 5.73. The summed E-state index contributed by atoms with van der Waals surface area (Å²) in [7, 11) is 0. The molecule has 172 valence electrons. The first kappa shape index (κ1) is 22.0. The number of fused-ring (bicyclic) bond motifs is 3. The van der Waals surface area contributed by atoms with Crippen LogP contribution in [0.2, 0.25) is 0 Å². The first-order valence-corrected chi connectivity index (χ1v) is 10.2. The molecule has 1 saturated carbocycles. The van der Waals surface area contributed by atoms with Crippen molar-refractivity contribution in [3.05, 3.63) is 40.7 Å². The number of hydrogen-bond donors (Lipinski definition) is 2. The fraction of sp³-hybridized carbons (Fsp3) is 0.550. The summed E-state index contributed by atoms with van der Waals surface area (Å²) in [5.41, 5.74) is 0.768. The second-order valence-electron chi connectivity index (χ2n) is 9.31. The molecule has 4 rings (SSSR count). The Kier molecular flexibility index (Phi) is 5.13. The zero-order chi connectivity index (χ0) is 23.4. The number of carbonyl (C=O) groups is 2. The second-order valence-corrected chi connectivity index (χ2v) is 9.31. The van der Waals surface area contributed by atoms with E-state index < -0.39 is 36.0 Å². The summed E-state index contributed by atoms with van der Waals surface area (Å²) in [5, 5.41) is 20.5. The van der Waals surface area contributed by atoms with Gasteiger partial charge in [0.2, 0.25) is 17.9 Å². The summed E-state index contributed by atoms with van der Waals surface area (Å²) in [5.74, 6) is -0.721. The Morgan fingerprint density at radius 3 is 2.69 bits per heavy atom. The molecule has 0 saturated heterocycles. The number of nitrogens with one attached hydrogen (secondary N) is 2. The van der Waals surface area contributed by atoms with Crippen LogP contribution < -0.4 is 15.4 Å². The zero-order valence-electron chi connectivity index (χ0n) is 17.7. The van der Waals surface area contributed by atoms with Crippen LogP contribution in [0.4, 0.5) is 13.2 Å². The van der Waals surface area contributed by atoms with E-state index in [2.05, 4.69) is 15.4 Å². The number of amides is 2. The van der Waals surface area contributed by atoms with Gasteiger partial charge in [0.1, 0.15) is 12.6 Å². The molecule has 0 unspecified atom stereocenters. The van der Waals surface area contributed by atoms with E-state index in [0.717, 1.165) is 17.7 Å². The molecular weight excluding hydrogens is 429 g/mol. The van der Waals surface area contributed by atoms with Gasteiger partial charge >= 0.3 is 6.18 Å². The molecule has 0 aliphatic heterocycles. The minimum absolute atomic E-state index is 0.0909. The molecule has 0 aromatic carbocycles. The number of alkyl halides is 3.